The van der Waals surface area contributed by atoms with E-state index in [0.717, 1.165) is 11.3 Å². The third kappa shape index (κ3) is 2.60. The summed E-state index contributed by atoms with van der Waals surface area (Å²) in [6.07, 6.45) is 1.72. The van der Waals surface area contributed by atoms with Crippen LogP contribution in [0.3, 0.4) is 0 Å². The minimum Gasteiger partial charge on any atom is -0.380 e. The molecule has 0 bridgehead atoms. The molecule has 0 saturated carbocycles. The van der Waals surface area contributed by atoms with Crippen molar-refractivity contribution in [3.63, 3.8) is 0 Å². The largest absolute Gasteiger partial charge is 0.380 e. The molecule has 7 heteroatoms. The number of hydrogen-bond donors (Lipinski definition) is 2. The maximum absolute atomic E-state index is 10.6. The first-order chi connectivity index (χ1) is 8.58. The van der Waals surface area contributed by atoms with E-state index in [1.54, 1.807) is 12.3 Å². The van der Waals surface area contributed by atoms with Crippen LogP contribution in [0.25, 0.3) is 0 Å². The zero-order chi connectivity index (χ0) is 13.1. The topological polar surface area (TPSA) is 83.8 Å². The number of nitro groups is 1. The van der Waals surface area contributed by atoms with Gasteiger partial charge >= 0.3 is 0 Å². The Hall–Kier alpha value is -2.08. The van der Waals surface area contributed by atoms with Gasteiger partial charge in [0, 0.05) is 29.9 Å². The van der Waals surface area contributed by atoms with E-state index in [-0.39, 0.29) is 5.69 Å². The molecule has 0 saturated heterocycles. The minimum absolute atomic E-state index is 0.0231. The molecule has 0 aliphatic carbocycles. The first-order valence-corrected chi connectivity index (χ1v) is 5.62. The molecule has 0 amide bonds. The molecule has 2 aromatic rings. The number of nitrogens with zero attached hydrogens (tertiary/aromatic N) is 2. The second-order valence-corrected chi connectivity index (χ2v) is 4.20. The second-order valence-electron chi connectivity index (χ2n) is 3.80. The number of non-ortho nitro benzene ring substituents is 1. The number of nitrogens with one attached hydrogen (secondary N) is 2. The van der Waals surface area contributed by atoms with Crippen LogP contribution in [0.15, 0.2) is 24.4 Å². The van der Waals surface area contributed by atoms with E-state index in [4.69, 9.17) is 11.6 Å². The van der Waals surface area contributed by atoms with E-state index in [2.05, 4.69) is 15.5 Å². The Bertz CT molecular complexity index is 582. The number of nitro benzene ring substituents is 1. The maximum Gasteiger partial charge on any atom is 0.271 e. The van der Waals surface area contributed by atoms with Gasteiger partial charge in [0.15, 0.2) is 0 Å². The molecule has 0 aliphatic heterocycles. The predicted octanol–water partition coefficient (Wildman–Crippen LogP) is 2.89. The monoisotopic (exact) mass is 266 g/mol. The van der Waals surface area contributed by atoms with Crippen molar-refractivity contribution in [3.8, 4) is 0 Å². The first kappa shape index (κ1) is 12.4. The highest BCUT2D eigenvalue weighted by Gasteiger charge is 2.09. The summed E-state index contributed by atoms with van der Waals surface area (Å²) in [5.74, 6) is 0. The number of hydrogen-bond acceptors (Lipinski definition) is 4. The molecule has 0 aliphatic rings. The lowest BCUT2D eigenvalue weighted by atomic mass is 10.2. The molecule has 2 rings (SSSR count). The molecule has 1 heterocycles. The van der Waals surface area contributed by atoms with Crippen LogP contribution in [-0.4, -0.2) is 15.1 Å². The SMILES string of the molecule is Cc1[nH]ncc1CNc1ccc([N+](=O)[O-])cc1Cl. The number of H-pyrrole nitrogens is 1. The summed E-state index contributed by atoms with van der Waals surface area (Å²) in [5.41, 5.74) is 2.62. The Morgan fingerprint density at radius 2 is 2.33 bits per heavy atom. The van der Waals surface area contributed by atoms with Crippen molar-refractivity contribution in [2.75, 3.05) is 5.32 Å². The van der Waals surface area contributed by atoms with E-state index in [9.17, 15) is 10.1 Å². The van der Waals surface area contributed by atoms with Gasteiger partial charge in [0.25, 0.3) is 5.69 Å². The van der Waals surface area contributed by atoms with Crippen LogP contribution in [0.5, 0.6) is 0 Å². The molecule has 94 valence electrons. The summed E-state index contributed by atoms with van der Waals surface area (Å²) in [6.45, 7) is 2.47. The fourth-order valence-corrected chi connectivity index (χ4v) is 1.75. The van der Waals surface area contributed by atoms with Crippen molar-refractivity contribution < 1.29 is 4.92 Å². The molecule has 2 N–H and O–H groups in total. The summed E-state index contributed by atoms with van der Waals surface area (Å²) in [6, 6.07) is 4.33. The van der Waals surface area contributed by atoms with Crippen LogP contribution in [0, 0.1) is 17.0 Å². The van der Waals surface area contributed by atoms with Crippen LogP contribution >= 0.6 is 11.6 Å². The summed E-state index contributed by atoms with van der Waals surface area (Å²) in [4.78, 5) is 10.1. The lowest BCUT2D eigenvalue weighted by Gasteiger charge is -2.07. The molecule has 18 heavy (non-hydrogen) atoms. The fraction of sp³-hybridized carbons (Fsp3) is 0.182. The molecule has 0 fully saturated rings. The zero-order valence-electron chi connectivity index (χ0n) is 9.61. The van der Waals surface area contributed by atoms with E-state index in [1.165, 1.54) is 12.1 Å². The lowest BCUT2D eigenvalue weighted by Crippen LogP contribution is -2.00. The fourth-order valence-electron chi connectivity index (χ4n) is 1.51. The minimum atomic E-state index is -0.476. The third-order valence-corrected chi connectivity index (χ3v) is 2.88. The van der Waals surface area contributed by atoms with Crippen molar-refractivity contribution in [1.29, 1.82) is 0 Å². The summed E-state index contributed by atoms with van der Waals surface area (Å²) >= 11 is 5.96. The molecule has 0 atom stereocenters. The number of benzene rings is 1. The molecule has 0 radical (unpaired) electrons. The van der Waals surface area contributed by atoms with E-state index in [1.807, 2.05) is 6.92 Å². The van der Waals surface area contributed by atoms with Crippen molar-refractivity contribution in [2.45, 2.75) is 13.5 Å². The smallest absolute Gasteiger partial charge is 0.271 e. The van der Waals surface area contributed by atoms with Gasteiger partial charge in [-0.3, -0.25) is 15.2 Å². The first-order valence-electron chi connectivity index (χ1n) is 5.24. The number of aryl methyl sites for hydroxylation is 1. The van der Waals surface area contributed by atoms with Crippen LogP contribution < -0.4 is 5.32 Å². The Balaban J connectivity index is 2.11. The van der Waals surface area contributed by atoms with Gasteiger partial charge in [0.2, 0.25) is 0 Å². The van der Waals surface area contributed by atoms with Crippen LogP contribution in [-0.2, 0) is 6.54 Å². The van der Waals surface area contributed by atoms with Gasteiger partial charge in [0.1, 0.15) is 0 Å². The number of aromatic amines is 1. The Morgan fingerprint density at radius 3 is 2.89 bits per heavy atom. The summed E-state index contributed by atoms with van der Waals surface area (Å²) < 4.78 is 0. The molecule has 1 aromatic carbocycles. The van der Waals surface area contributed by atoms with E-state index in [0.29, 0.717) is 17.3 Å². The van der Waals surface area contributed by atoms with Gasteiger partial charge < -0.3 is 5.32 Å². The van der Waals surface area contributed by atoms with Crippen LogP contribution in [0.1, 0.15) is 11.3 Å². The standard InChI is InChI=1S/C11H11ClN4O2/c1-7-8(6-14-15-7)5-13-11-3-2-9(16(17)18)4-10(11)12/h2-4,6,13H,5H2,1H3,(H,14,15). The van der Waals surface area contributed by atoms with Gasteiger partial charge in [-0.1, -0.05) is 11.6 Å². The highest BCUT2D eigenvalue weighted by molar-refractivity contribution is 6.33. The van der Waals surface area contributed by atoms with Gasteiger partial charge in [0.05, 0.1) is 21.8 Å². The quantitative estimate of drug-likeness (QED) is 0.658. The van der Waals surface area contributed by atoms with E-state index < -0.39 is 4.92 Å². The Morgan fingerprint density at radius 1 is 1.56 bits per heavy atom. The zero-order valence-corrected chi connectivity index (χ0v) is 10.4. The maximum atomic E-state index is 10.6. The second kappa shape index (κ2) is 5.05. The van der Waals surface area contributed by atoms with Crippen molar-refractivity contribution in [3.05, 3.63) is 50.8 Å². The molecular weight excluding hydrogens is 256 g/mol. The van der Waals surface area contributed by atoms with Crippen molar-refractivity contribution in [2.24, 2.45) is 0 Å². The Kier molecular flexibility index (Phi) is 3.47. The Labute approximate surface area is 108 Å². The molecule has 1 aromatic heterocycles. The normalized spacial score (nSPS) is 10.3. The van der Waals surface area contributed by atoms with Gasteiger partial charge in [-0.2, -0.15) is 5.10 Å². The summed E-state index contributed by atoms with van der Waals surface area (Å²) in [5, 5.41) is 20.7. The van der Waals surface area contributed by atoms with Crippen LogP contribution in [0.4, 0.5) is 11.4 Å². The third-order valence-electron chi connectivity index (χ3n) is 2.57. The van der Waals surface area contributed by atoms with Gasteiger partial charge in [-0.15, -0.1) is 0 Å². The molecule has 0 unspecified atom stereocenters. The van der Waals surface area contributed by atoms with Crippen molar-refractivity contribution >= 4 is 23.0 Å². The number of aromatic nitrogens is 2. The lowest BCUT2D eigenvalue weighted by molar-refractivity contribution is -0.384. The molecule has 6 nitrogen and oxygen atoms in total. The van der Waals surface area contributed by atoms with Gasteiger partial charge in [-0.05, 0) is 13.0 Å². The predicted molar refractivity (Wildman–Crippen MR) is 68.8 cm³/mol. The van der Waals surface area contributed by atoms with Gasteiger partial charge in [-0.25, -0.2) is 0 Å². The van der Waals surface area contributed by atoms with Crippen molar-refractivity contribution in [1.82, 2.24) is 10.2 Å². The van der Waals surface area contributed by atoms with Crippen LogP contribution in [0.2, 0.25) is 5.02 Å². The number of halogens is 1. The average molecular weight is 267 g/mol. The highest BCUT2D eigenvalue weighted by Crippen LogP contribution is 2.27. The highest BCUT2D eigenvalue weighted by atomic mass is 35.5. The summed E-state index contributed by atoms with van der Waals surface area (Å²) in [7, 11) is 0. The van der Waals surface area contributed by atoms with E-state index >= 15 is 0 Å². The molecular formula is C11H11ClN4O2. The average Bonchev–Trinajstić information content (AvgIpc) is 2.73. The number of anilines is 1. The molecule has 0 spiro atoms. The number of rotatable bonds is 4.